The average molecular weight is 423 g/mol. The lowest BCUT2D eigenvalue weighted by molar-refractivity contribution is 0.354. The Morgan fingerprint density at radius 1 is 1.23 bits per heavy atom. The van der Waals surface area contributed by atoms with E-state index >= 15 is 0 Å². The Balaban J connectivity index is 1.78. The Labute approximate surface area is 173 Å². The Bertz CT molecular complexity index is 1280. The van der Waals surface area contributed by atoms with Gasteiger partial charge in [-0.25, -0.2) is 13.4 Å². The number of fused-ring (bicyclic) bond motifs is 1. The van der Waals surface area contributed by atoms with E-state index in [2.05, 4.69) is 19.7 Å². The van der Waals surface area contributed by atoms with Gasteiger partial charge in [0.1, 0.15) is 17.5 Å². The van der Waals surface area contributed by atoms with E-state index in [4.69, 9.17) is 14.7 Å². The molecule has 0 aliphatic carbocycles. The Morgan fingerprint density at radius 3 is 2.83 bits per heavy atom. The van der Waals surface area contributed by atoms with Gasteiger partial charge in [-0.2, -0.15) is 5.26 Å². The SMILES string of the molecule is Cc1nc2c(cc1Oc1nc(-c3cncc(C#N)c3)ccc1NS(C)(=O)=O)OCC2. The van der Waals surface area contributed by atoms with Gasteiger partial charge >= 0.3 is 0 Å². The third-order valence-corrected chi connectivity index (χ3v) is 4.92. The van der Waals surface area contributed by atoms with Crippen molar-refractivity contribution in [2.75, 3.05) is 17.6 Å². The second kappa shape index (κ2) is 7.61. The maximum atomic E-state index is 11.8. The number of rotatable bonds is 5. The number of nitrogens with one attached hydrogen (secondary N) is 1. The molecule has 0 saturated carbocycles. The fourth-order valence-electron chi connectivity index (χ4n) is 2.99. The fraction of sp³-hybridized carbons (Fsp3) is 0.200. The van der Waals surface area contributed by atoms with E-state index in [9.17, 15) is 8.42 Å². The largest absolute Gasteiger partial charge is 0.491 e. The number of nitrogens with zero attached hydrogens (tertiary/aromatic N) is 4. The van der Waals surface area contributed by atoms with Crippen molar-refractivity contribution in [2.45, 2.75) is 13.3 Å². The Morgan fingerprint density at radius 2 is 2.07 bits per heavy atom. The fourth-order valence-corrected chi connectivity index (χ4v) is 3.54. The standard InChI is InChI=1S/C20H17N5O4S/c1-12-18(8-19-16(23-12)5-6-28-19)29-20-17(25-30(2,26)27)4-3-15(24-20)14-7-13(9-21)10-22-11-14/h3-4,7-8,10-11,25H,5-6H2,1-2H3. The number of aryl methyl sites for hydroxylation is 1. The Kier molecular flexibility index (Phi) is 4.97. The number of aromatic nitrogens is 3. The quantitative estimate of drug-likeness (QED) is 0.664. The van der Waals surface area contributed by atoms with E-state index in [0.29, 0.717) is 40.6 Å². The molecule has 0 spiro atoms. The predicted molar refractivity (Wildman–Crippen MR) is 109 cm³/mol. The molecule has 1 aliphatic rings. The van der Waals surface area contributed by atoms with Gasteiger partial charge in [0.15, 0.2) is 5.75 Å². The summed E-state index contributed by atoms with van der Waals surface area (Å²) in [6.45, 7) is 2.35. The lowest BCUT2D eigenvalue weighted by Crippen LogP contribution is -2.11. The lowest BCUT2D eigenvalue weighted by Gasteiger charge is -2.14. The Hall–Kier alpha value is -3.71. The molecule has 4 rings (SSSR count). The third kappa shape index (κ3) is 4.16. The number of hydrogen-bond donors (Lipinski definition) is 1. The van der Waals surface area contributed by atoms with Gasteiger partial charge in [-0.3, -0.25) is 14.7 Å². The molecule has 0 aromatic carbocycles. The van der Waals surface area contributed by atoms with Crippen molar-refractivity contribution in [3.05, 3.63) is 53.6 Å². The van der Waals surface area contributed by atoms with Crippen LogP contribution in [0.5, 0.6) is 17.4 Å². The first kappa shape index (κ1) is 19.6. The first-order chi connectivity index (χ1) is 14.3. The van der Waals surface area contributed by atoms with Crippen molar-refractivity contribution in [1.29, 1.82) is 5.26 Å². The van der Waals surface area contributed by atoms with E-state index in [1.54, 1.807) is 37.4 Å². The number of sulfonamides is 1. The number of nitriles is 1. The normalized spacial score (nSPS) is 12.6. The molecule has 3 aromatic rings. The molecule has 0 amide bonds. The minimum Gasteiger partial charge on any atom is -0.491 e. The van der Waals surface area contributed by atoms with Gasteiger partial charge in [0, 0.05) is 30.4 Å². The zero-order valence-electron chi connectivity index (χ0n) is 16.2. The molecule has 30 heavy (non-hydrogen) atoms. The molecule has 3 aromatic heterocycles. The summed E-state index contributed by atoms with van der Waals surface area (Å²) in [6, 6.07) is 8.56. The van der Waals surface area contributed by atoms with Crippen LogP contribution < -0.4 is 14.2 Å². The van der Waals surface area contributed by atoms with Crippen molar-refractivity contribution in [2.24, 2.45) is 0 Å². The summed E-state index contributed by atoms with van der Waals surface area (Å²) >= 11 is 0. The van der Waals surface area contributed by atoms with Crippen LogP contribution in [-0.2, 0) is 16.4 Å². The summed E-state index contributed by atoms with van der Waals surface area (Å²) in [6.07, 6.45) is 4.78. The van der Waals surface area contributed by atoms with E-state index in [-0.39, 0.29) is 11.6 Å². The van der Waals surface area contributed by atoms with E-state index in [1.807, 2.05) is 6.07 Å². The van der Waals surface area contributed by atoms with Crippen molar-refractivity contribution in [1.82, 2.24) is 15.0 Å². The second-order valence-electron chi connectivity index (χ2n) is 6.71. The van der Waals surface area contributed by atoms with Gasteiger partial charge in [0.05, 0.1) is 35.5 Å². The molecule has 4 heterocycles. The molecule has 10 heteroatoms. The lowest BCUT2D eigenvalue weighted by atomic mass is 10.1. The molecule has 1 aliphatic heterocycles. The van der Waals surface area contributed by atoms with E-state index in [1.165, 1.54) is 6.20 Å². The summed E-state index contributed by atoms with van der Waals surface area (Å²) in [5, 5.41) is 9.11. The molecule has 9 nitrogen and oxygen atoms in total. The molecule has 0 bridgehead atoms. The topological polar surface area (TPSA) is 127 Å². The number of ether oxygens (including phenoxy) is 2. The van der Waals surface area contributed by atoms with Crippen LogP contribution in [0.25, 0.3) is 11.3 Å². The monoisotopic (exact) mass is 423 g/mol. The van der Waals surface area contributed by atoms with Gasteiger partial charge < -0.3 is 9.47 Å². The van der Waals surface area contributed by atoms with Crippen molar-refractivity contribution in [3.8, 4) is 34.7 Å². The molecular formula is C20H17N5O4S. The van der Waals surface area contributed by atoms with Crippen LogP contribution in [0.4, 0.5) is 5.69 Å². The van der Waals surface area contributed by atoms with E-state index in [0.717, 1.165) is 18.4 Å². The molecule has 0 unspecified atom stereocenters. The summed E-state index contributed by atoms with van der Waals surface area (Å²) in [4.78, 5) is 13.0. The van der Waals surface area contributed by atoms with Gasteiger partial charge in [-0.15, -0.1) is 0 Å². The second-order valence-corrected chi connectivity index (χ2v) is 8.46. The molecule has 0 fully saturated rings. The zero-order valence-corrected chi connectivity index (χ0v) is 17.0. The minimum atomic E-state index is -3.57. The predicted octanol–water partition coefficient (Wildman–Crippen LogP) is 2.82. The highest BCUT2D eigenvalue weighted by Gasteiger charge is 2.20. The number of hydrogen-bond acceptors (Lipinski definition) is 8. The highest BCUT2D eigenvalue weighted by atomic mass is 32.2. The first-order valence-electron chi connectivity index (χ1n) is 8.98. The van der Waals surface area contributed by atoms with Crippen LogP contribution in [0.3, 0.4) is 0 Å². The third-order valence-electron chi connectivity index (χ3n) is 4.33. The summed E-state index contributed by atoms with van der Waals surface area (Å²) < 4.78 is 37.5. The highest BCUT2D eigenvalue weighted by molar-refractivity contribution is 7.92. The van der Waals surface area contributed by atoms with Crippen LogP contribution in [0.2, 0.25) is 0 Å². The van der Waals surface area contributed by atoms with Crippen molar-refractivity contribution >= 4 is 15.7 Å². The molecule has 1 N–H and O–H groups in total. The molecule has 0 radical (unpaired) electrons. The van der Waals surface area contributed by atoms with Crippen LogP contribution in [-0.4, -0.2) is 36.2 Å². The van der Waals surface area contributed by atoms with Gasteiger partial charge in [0.25, 0.3) is 0 Å². The molecule has 0 atom stereocenters. The summed E-state index contributed by atoms with van der Waals surface area (Å²) in [5.74, 6) is 1.08. The molecular weight excluding hydrogens is 406 g/mol. The smallest absolute Gasteiger partial charge is 0.244 e. The maximum absolute atomic E-state index is 11.8. The van der Waals surface area contributed by atoms with Gasteiger partial charge in [-0.05, 0) is 25.1 Å². The van der Waals surface area contributed by atoms with Gasteiger partial charge in [-0.1, -0.05) is 0 Å². The van der Waals surface area contributed by atoms with Crippen molar-refractivity contribution in [3.63, 3.8) is 0 Å². The molecule has 0 saturated heterocycles. The van der Waals surface area contributed by atoms with Crippen LogP contribution >= 0.6 is 0 Å². The molecule has 152 valence electrons. The minimum absolute atomic E-state index is 0.0446. The van der Waals surface area contributed by atoms with Crippen LogP contribution in [0.15, 0.2) is 36.7 Å². The maximum Gasteiger partial charge on any atom is 0.244 e. The number of anilines is 1. The van der Waals surface area contributed by atoms with Gasteiger partial charge in [0.2, 0.25) is 15.9 Å². The van der Waals surface area contributed by atoms with Crippen LogP contribution in [0.1, 0.15) is 17.0 Å². The summed E-state index contributed by atoms with van der Waals surface area (Å²) in [7, 11) is -3.57. The first-order valence-corrected chi connectivity index (χ1v) is 10.9. The zero-order chi connectivity index (χ0) is 21.3. The van der Waals surface area contributed by atoms with Crippen LogP contribution in [0, 0.1) is 18.3 Å². The summed E-state index contributed by atoms with van der Waals surface area (Å²) in [5.41, 5.74) is 3.10. The number of pyridine rings is 3. The van der Waals surface area contributed by atoms with E-state index < -0.39 is 10.0 Å². The van der Waals surface area contributed by atoms with Crippen molar-refractivity contribution < 1.29 is 17.9 Å². The highest BCUT2D eigenvalue weighted by Crippen LogP contribution is 2.36. The average Bonchev–Trinajstić information content (AvgIpc) is 3.15.